The molecule has 156 valence electrons. The van der Waals surface area contributed by atoms with Crippen LogP contribution in [0.5, 0.6) is 17.2 Å². The highest BCUT2D eigenvalue weighted by atomic mass is 16.6. The average Bonchev–Trinajstić information content (AvgIpc) is 2.71. The van der Waals surface area contributed by atoms with Gasteiger partial charge in [0.1, 0.15) is 36.9 Å². The smallest absolute Gasteiger partial charge is 0.200 e. The van der Waals surface area contributed by atoms with Gasteiger partial charge in [-0.15, -0.1) is 0 Å². The van der Waals surface area contributed by atoms with Crippen molar-refractivity contribution in [2.45, 2.75) is 26.7 Å². The Bertz CT molecular complexity index is 1190. The second kappa shape index (κ2) is 7.74. The summed E-state index contributed by atoms with van der Waals surface area (Å²) in [6.07, 6.45) is 0. The van der Waals surface area contributed by atoms with Gasteiger partial charge in [0.15, 0.2) is 11.5 Å². The van der Waals surface area contributed by atoms with E-state index in [0.29, 0.717) is 63.9 Å². The van der Waals surface area contributed by atoms with Gasteiger partial charge >= 0.3 is 0 Å². The van der Waals surface area contributed by atoms with Gasteiger partial charge in [-0.25, -0.2) is 0 Å². The molecule has 0 N–H and O–H groups in total. The molecule has 0 unspecified atom stereocenters. The molecule has 3 aromatic rings. The molecule has 7 nitrogen and oxygen atoms in total. The molecule has 0 radical (unpaired) electrons. The molecule has 0 bridgehead atoms. The minimum atomic E-state index is -1.32. The molecule has 1 aliphatic rings. The molecular weight excluding hydrogens is 388 g/mol. The number of carbonyl (C=O) groups excluding carboxylic acids is 1. The van der Waals surface area contributed by atoms with Crippen molar-refractivity contribution in [3.05, 3.63) is 51.9 Å². The largest absolute Gasteiger partial charge is 0.546 e. The molecule has 2 heterocycles. The van der Waals surface area contributed by atoms with Crippen molar-refractivity contribution in [1.82, 2.24) is 0 Å². The van der Waals surface area contributed by atoms with Gasteiger partial charge in [0.05, 0.1) is 16.9 Å². The zero-order valence-corrected chi connectivity index (χ0v) is 16.9. The predicted octanol–water partition coefficient (Wildman–Crippen LogP) is 2.79. The number of carboxylic acid groups (broad SMARTS) is 1. The second-order valence-electron chi connectivity index (χ2n) is 7.42. The Hall–Kier alpha value is -3.48. The zero-order valence-electron chi connectivity index (χ0n) is 16.9. The molecular formula is C23H21O7-. The molecule has 30 heavy (non-hydrogen) atoms. The first-order valence-corrected chi connectivity index (χ1v) is 9.69. The van der Waals surface area contributed by atoms with Gasteiger partial charge in [0, 0.05) is 6.07 Å². The van der Waals surface area contributed by atoms with Crippen LogP contribution in [0.15, 0.2) is 39.5 Å². The first-order valence-electron chi connectivity index (χ1n) is 9.69. The summed E-state index contributed by atoms with van der Waals surface area (Å²) in [4.78, 5) is 24.2. The number of benzene rings is 2. The van der Waals surface area contributed by atoms with Crippen molar-refractivity contribution in [3.63, 3.8) is 0 Å². The average molecular weight is 409 g/mol. The van der Waals surface area contributed by atoms with Gasteiger partial charge < -0.3 is 28.5 Å². The van der Waals surface area contributed by atoms with E-state index in [1.54, 1.807) is 37.3 Å². The SMILES string of the molecule is Cc1oc2cc(OCC(=O)[O-])c(C(C)C)cc2c(=O)c1-c1ccc2c(c1)OCCO2. The summed E-state index contributed by atoms with van der Waals surface area (Å²) in [6.45, 7) is 5.95. The van der Waals surface area contributed by atoms with Crippen molar-refractivity contribution in [2.24, 2.45) is 0 Å². The van der Waals surface area contributed by atoms with E-state index in [1.165, 1.54) is 0 Å². The number of fused-ring (bicyclic) bond motifs is 2. The van der Waals surface area contributed by atoms with E-state index >= 15 is 0 Å². The van der Waals surface area contributed by atoms with Crippen LogP contribution in [0.25, 0.3) is 22.1 Å². The Morgan fingerprint density at radius 1 is 1.13 bits per heavy atom. The fourth-order valence-electron chi connectivity index (χ4n) is 3.60. The molecule has 0 fully saturated rings. The molecule has 0 saturated carbocycles. The Morgan fingerprint density at radius 3 is 2.57 bits per heavy atom. The Balaban J connectivity index is 1.88. The van der Waals surface area contributed by atoms with Gasteiger partial charge in [0.2, 0.25) is 5.43 Å². The van der Waals surface area contributed by atoms with Crippen molar-refractivity contribution in [2.75, 3.05) is 19.8 Å². The normalized spacial score (nSPS) is 12.9. The van der Waals surface area contributed by atoms with Gasteiger partial charge in [-0.1, -0.05) is 19.9 Å². The summed E-state index contributed by atoms with van der Waals surface area (Å²) in [5, 5.41) is 11.2. The Morgan fingerprint density at radius 2 is 1.87 bits per heavy atom. The van der Waals surface area contributed by atoms with Crippen LogP contribution in [-0.4, -0.2) is 25.8 Å². The highest BCUT2D eigenvalue weighted by molar-refractivity contribution is 5.85. The van der Waals surface area contributed by atoms with E-state index in [0.717, 1.165) is 0 Å². The standard InChI is InChI=1S/C23H22O7/c1-12(2)15-9-16-19(10-18(15)29-11-21(24)25)30-13(3)22(23(16)26)14-4-5-17-20(8-14)28-7-6-27-17/h4-5,8-10,12H,6-7,11H2,1-3H3,(H,24,25)/p-1. The number of carbonyl (C=O) groups is 1. The van der Waals surface area contributed by atoms with Crippen LogP contribution >= 0.6 is 0 Å². The third kappa shape index (κ3) is 3.58. The molecule has 7 heteroatoms. The Labute approximate surface area is 172 Å². The number of carboxylic acids is 1. The maximum absolute atomic E-state index is 13.4. The lowest BCUT2D eigenvalue weighted by atomic mass is 9.97. The molecule has 0 saturated heterocycles. The van der Waals surface area contributed by atoms with Crippen LogP contribution in [0.2, 0.25) is 0 Å². The number of hydrogen-bond donors (Lipinski definition) is 0. The summed E-state index contributed by atoms with van der Waals surface area (Å²) < 4.78 is 22.5. The van der Waals surface area contributed by atoms with Crippen molar-refractivity contribution < 1.29 is 28.5 Å². The number of aliphatic carboxylic acids is 1. The lowest BCUT2D eigenvalue weighted by molar-refractivity contribution is -0.307. The summed E-state index contributed by atoms with van der Waals surface area (Å²) in [6, 6.07) is 8.63. The van der Waals surface area contributed by atoms with Crippen LogP contribution in [0.3, 0.4) is 0 Å². The number of aryl methyl sites for hydroxylation is 1. The summed E-state index contributed by atoms with van der Waals surface area (Å²) in [5.74, 6) is 0.709. The fourth-order valence-corrected chi connectivity index (χ4v) is 3.60. The van der Waals surface area contributed by atoms with Crippen molar-refractivity contribution in [1.29, 1.82) is 0 Å². The van der Waals surface area contributed by atoms with Crippen LogP contribution in [0.4, 0.5) is 0 Å². The van der Waals surface area contributed by atoms with Crippen LogP contribution < -0.4 is 24.7 Å². The number of rotatable bonds is 5. The highest BCUT2D eigenvalue weighted by Gasteiger charge is 2.20. The van der Waals surface area contributed by atoms with E-state index in [9.17, 15) is 14.7 Å². The molecule has 1 aromatic heterocycles. The predicted molar refractivity (Wildman–Crippen MR) is 108 cm³/mol. The molecule has 1 aliphatic heterocycles. The van der Waals surface area contributed by atoms with E-state index in [-0.39, 0.29) is 11.3 Å². The van der Waals surface area contributed by atoms with Gasteiger partial charge in [-0.3, -0.25) is 4.79 Å². The van der Waals surface area contributed by atoms with Crippen molar-refractivity contribution in [3.8, 4) is 28.4 Å². The fraction of sp³-hybridized carbons (Fsp3) is 0.304. The van der Waals surface area contributed by atoms with E-state index in [4.69, 9.17) is 18.6 Å². The van der Waals surface area contributed by atoms with Gasteiger partial charge in [-0.2, -0.15) is 0 Å². The van der Waals surface area contributed by atoms with Crippen LogP contribution in [-0.2, 0) is 4.79 Å². The third-order valence-corrected chi connectivity index (χ3v) is 5.00. The monoisotopic (exact) mass is 409 g/mol. The van der Waals surface area contributed by atoms with Crippen LogP contribution in [0.1, 0.15) is 31.1 Å². The quantitative estimate of drug-likeness (QED) is 0.639. The molecule has 0 amide bonds. The van der Waals surface area contributed by atoms with Gasteiger partial charge in [0.25, 0.3) is 0 Å². The molecule has 0 spiro atoms. The van der Waals surface area contributed by atoms with Crippen molar-refractivity contribution >= 4 is 16.9 Å². The minimum absolute atomic E-state index is 0.00426. The topological polar surface area (TPSA) is 98.0 Å². The van der Waals surface area contributed by atoms with E-state index < -0.39 is 12.6 Å². The summed E-state index contributed by atoms with van der Waals surface area (Å²) in [5.41, 5.74) is 1.98. The summed E-state index contributed by atoms with van der Waals surface area (Å²) in [7, 11) is 0. The second-order valence-corrected chi connectivity index (χ2v) is 7.42. The van der Waals surface area contributed by atoms with Gasteiger partial charge in [-0.05, 0) is 42.2 Å². The number of ether oxygens (including phenoxy) is 3. The molecule has 2 aromatic carbocycles. The first-order chi connectivity index (χ1) is 14.3. The number of hydrogen-bond acceptors (Lipinski definition) is 7. The highest BCUT2D eigenvalue weighted by Crippen LogP contribution is 2.36. The molecule has 4 rings (SSSR count). The third-order valence-electron chi connectivity index (χ3n) is 5.00. The molecule has 0 aliphatic carbocycles. The first kappa shape index (κ1) is 19.8. The summed E-state index contributed by atoms with van der Waals surface area (Å²) >= 11 is 0. The molecule has 0 atom stereocenters. The lowest BCUT2D eigenvalue weighted by Crippen LogP contribution is -2.29. The van der Waals surface area contributed by atoms with Crippen LogP contribution in [0, 0.1) is 6.92 Å². The van der Waals surface area contributed by atoms with E-state index in [2.05, 4.69) is 0 Å². The minimum Gasteiger partial charge on any atom is -0.546 e. The Kier molecular flexibility index (Phi) is 5.11. The maximum Gasteiger partial charge on any atom is 0.200 e. The lowest BCUT2D eigenvalue weighted by Gasteiger charge is -2.19. The van der Waals surface area contributed by atoms with E-state index in [1.807, 2.05) is 13.8 Å². The maximum atomic E-state index is 13.4. The zero-order chi connectivity index (χ0) is 21.4.